The Morgan fingerprint density at radius 2 is 2.17 bits per heavy atom. The number of aromatic nitrogens is 2. The van der Waals surface area contributed by atoms with Gasteiger partial charge in [-0.2, -0.15) is 0 Å². The summed E-state index contributed by atoms with van der Waals surface area (Å²) in [5.41, 5.74) is 9.00. The van der Waals surface area contributed by atoms with Crippen LogP contribution >= 0.6 is 0 Å². The molecule has 6 heteroatoms. The molecule has 3 rings (SSSR count). The molecular weight excluding hydrogens is 304 g/mol. The van der Waals surface area contributed by atoms with Crippen molar-refractivity contribution in [3.8, 4) is 5.75 Å². The summed E-state index contributed by atoms with van der Waals surface area (Å²) in [7, 11) is 0. The molecule has 1 amide bonds. The van der Waals surface area contributed by atoms with Crippen LogP contribution < -0.4 is 15.8 Å². The van der Waals surface area contributed by atoms with Crippen LogP contribution in [-0.2, 0) is 13.0 Å². The first kappa shape index (κ1) is 16.2. The molecule has 0 saturated carbocycles. The maximum atomic E-state index is 12.4. The van der Waals surface area contributed by atoms with Crippen molar-refractivity contribution in [3.63, 3.8) is 0 Å². The Labute approximate surface area is 141 Å². The summed E-state index contributed by atoms with van der Waals surface area (Å²) >= 11 is 0. The van der Waals surface area contributed by atoms with Crippen LogP contribution in [0.25, 0.3) is 0 Å². The fourth-order valence-electron chi connectivity index (χ4n) is 2.69. The number of nitrogen functional groups attached to an aromatic ring is 1. The summed E-state index contributed by atoms with van der Waals surface area (Å²) < 4.78 is 5.60. The van der Waals surface area contributed by atoms with Crippen molar-refractivity contribution in [2.45, 2.75) is 39.2 Å². The van der Waals surface area contributed by atoms with E-state index in [9.17, 15) is 4.79 Å². The highest BCUT2D eigenvalue weighted by atomic mass is 16.5. The molecule has 0 atom stereocenters. The van der Waals surface area contributed by atoms with Crippen molar-refractivity contribution in [1.82, 2.24) is 15.3 Å². The van der Waals surface area contributed by atoms with E-state index in [0.29, 0.717) is 12.2 Å². The van der Waals surface area contributed by atoms with Gasteiger partial charge in [0.2, 0.25) is 5.95 Å². The molecule has 0 bridgehead atoms. The van der Waals surface area contributed by atoms with Crippen LogP contribution in [0.15, 0.2) is 24.3 Å². The maximum absolute atomic E-state index is 12.4. The molecule has 6 nitrogen and oxygen atoms in total. The van der Waals surface area contributed by atoms with Crippen LogP contribution in [0, 0.1) is 0 Å². The van der Waals surface area contributed by atoms with E-state index >= 15 is 0 Å². The number of hydrogen-bond acceptors (Lipinski definition) is 5. The lowest BCUT2D eigenvalue weighted by atomic mass is 10.0. The van der Waals surface area contributed by atoms with Crippen LogP contribution in [0.4, 0.5) is 5.95 Å². The molecule has 1 aromatic heterocycles. The number of aryl methyl sites for hydroxylation is 1. The van der Waals surface area contributed by atoms with Gasteiger partial charge in [-0.3, -0.25) is 4.79 Å². The van der Waals surface area contributed by atoms with E-state index in [1.807, 2.05) is 26.0 Å². The van der Waals surface area contributed by atoms with Gasteiger partial charge < -0.3 is 15.8 Å². The Morgan fingerprint density at radius 3 is 2.96 bits per heavy atom. The van der Waals surface area contributed by atoms with Crippen LogP contribution in [0.1, 0.15) is 53.5 Å². The van der Waals surface area contributed by atoms with E-state index < -0.39 is 0 Å². The van der Waals surface area contributed by atoms with Crippen molar-refractivity contribution >= 4 is 11.9 Å². The summed E-state index contributed by atoms with van der Waals surface area (Å²) in [6.07, 6.45) is 2.04. The van der Waals surface area contributed by atoms with Crippen molar-refractivity contribution in [3.05, 3.63) is 46.8 Å². The minimum Gasteiger partial charge on any atom is -0.493 e. The van der Waals surface area contributed by atoms with Crippen molar-refractivity contribution < 1.29 is 9.53 Å². The van der Waals surface area contributed by atoms with Crippen molar-refractivity contribution in [2.24, 2.45) is 0 Å². The SMILES string of the molecule is CC(C)c1cc(C(=O)NCc2ccc3c(c2)CCCO3)nc(N)n1. The molecule has 1 aromatic carbocycles. The molecular formula is C18H22N4O2. The molecule has 24 heavy (non-hydrogen) atoms. The molecule has 1 aliphatic heterocycles. The molecule has 0 fully saturated rings. The lowest BCUT2D eigenvalue weighted by Gasteiger charge is -2.18. The number of rotatable bonds is 4. The molecule has 3 N–H and O–H groups in total. The van der Waals surface area contributed by atoms with Gasteiger partial charge in [0.05, 0.1) is 6.61 Å². The Bertz CT molecular complexity index is 759. The fraction of sp³-hybridized carbons (Fsp3) is 0.389. The lowest BCUT2D eigenvalue weighted by Crippen LogP contribution is -2.25. The Balaban J connectivity index is 1.69. The highest BCUT2D eigenvalue weighted by Gasteiger charge is 2.14. The van der Waals surface area contributed by atoms with Gasteiger partial charge in [-0.25, -0.2) is 9.97 Å². The van der Waals surface area contributed by atoms with Crippen LogP contribution in [0.2, 0.25) is 0 Å². The molecule has 126 valence electrons. The minimum atomic E-state index is -0.250. The van der Waals surface area contributed by atoms with Gasteiger partial charge >= 0.3 is 0 Å². The molecule has 0 unspecified atom stereocenters. The summed E-state index contributed by atoms with van der Waals surface area (Å²) in [5.74, 6) is 1.00. The maximum Gasteiger partial charge on any atom is 0.270 e. The third kappa shape index (κ3) is 3.64. The Morgan fingerprint density at radius 1 is 1.33 bits per heavy atom. The van der Waals surface area contributed by atoms with E-state index in [1.54, 1.807) is 6.07 Å². The summed E-state index contributed by atoms with van der Waals surface area (Å²) in [5, 5.41) is 2.89. The highest BCUT2D eigenvalue weighted by Crippen LogP contribution is 2.25. The van der Waals surface area contributed by atoms with Gasteiger partial charge in [-0.15, -0.1) is 0 Å². The number of amides is 1. The molecule has 2 aromatic rings. The first-order chi connectivity index (χ1) is 11.5. The number of carbonyl (C=O) groups excluding carboxylic acids is 1. The number of ether oxygens (including phenoxy) is 1. The van der Waals surface area contributed by atoms with Gasteiger partial charge in [-0.05, 0) is 42.0 Å². The summed E-state index contributed by atoms with van der Waals surface area (Å²) in [4.78, 5) is 20.5. The zero-order valence-corrected chi connectivity index (χ0v) is 14.0. The first-order valence-electron chi connectivity index (χ1n) is 8.20. The summed E-state index contributed by atoms with van der Waals surface area (Å²) in [6, 6.07) is 7.72. The van der Waals surface area contributed by atoms with E-state index in [0.717, 1.165) is 36.5 Å². The van der Waals surface area contributed by atoms with Crippen LogP contribution in [-0.4, -0.2) is 22.5 Å². The second-order valence-corrected chi connectivity index (χ2v) is 6.27. The zero-order chi connectivity index (χ0) is 17.1. The fourth-order valence-corrected chi connectivity index (χ4v) is 2.69. The van der Waals surface area contributed by atoms with Gasteiger partial charge in [0, 0.05) is 12.2 Å². The topological polar surface area (TPSA) is 90.1 Å². The predicted molar refractivity (Wildman–Crippen MR) is 92.0 cm³/mol. The molecule has 0 saturated heterocycles. The van der Waals surface area contributed by atoms with Crippen molar-refractivity contribution in [2.75, 3.05) is 12.3 Å². The third-order valence-corrected chi connectivity index (χ3v) is 4.01. The number of fused-ring (bicyclic) bond motifs is 1. The average molecular weight is 326 g/mol. The average Bonchev–Trinajstić information content (AvgIpc) is 2.58. The number of hydrogen-bond donors (Lipinski definition) is 2. The van der Waals surface area contributed by atoms with E-state index in [1.165, 1.54) is 5.56 Å². The van der Waals surface area contributed by atoms with Crippen LogP contribution in [0.5, 0.6) is 5.75 Å². The number of nitrogens with one attached hydrogen (secondary N) is 1. The number of benzene rings is 1. The molecule has 0 spiro atoms. The highest BCUT2D eigenvalue weighted by molar-refractivity contribution is 5.92. The number of anilines is 1. The largest absolute Gasteiger partial charge is 0.493 e. The smallest absolute Gasteiger partial charge is 0.270 e. The number of nitrogens with two attached hydrogens (primary N) is 1. The molecule has 1 aliphatic rings. The number of nitrogens with zero attached hydrogens (tertiary/aromatic N) is 2. The van der Waals surface area contributed by atoms with Crippen molar-refractivity contribution in [1.29, 1.82) is 0 Å². The van der Waals surface area contributed by atoms with E-state index in [4.69, 9.17) is 10.5 Å². The van der Waals surface area contributed by atoms with Gasteiger partial charge in [0.25, 0.3) is 5.91 Å². The second kappa shape index (κ2) is 6.86. The predicted octanol–water partition coefficient (Wildman–Crippen LogP) is 2.44. The van der Waals surface area contributed by atoms with E-state index in [2.05, 4.69) is 21.4 Å². The van der Waals surface area contributed by atoms with Gasteiger partial charge in [0.1, 0.15) is 11.4 Å². The van der Waals surface area contributed by atoms with Gasteiger partial charge in [-0.1, -0.05) is 26.0 Å². The Kier molecular flexibility index (Phi) is 4.64. The van der Waals surface area contributed by atoms with Crippen LogP contribution in [0.3, 0.4) is 0 Å². The zero-order valence-electron chi connectivity index (χ0n) is 14.0. The molecule has 0 radical (unpaired) electrons. The second-order valence-electron chi connectivity index (χ2n) is 6.27. The minimum absolute atomic E-state index is 0.122. The molecule has 0 aliphatic carbocycles. The number of carbonyl (C=O) groups is 1. The first-order valence-corrected chi connectivity index (χ1v) is 8.20. The Hall–Kier alpha value is -2.63. The molecule has 2 heterocycles. The summed E-state index contributed by atoms with van der Waals surface area (Å²) in [6.45, 7) is 5.21. The third-order valence-electron chi connectivity index (χ3n) is 4.01. The quantitative estimate of drug-likeness (QED) is 0.900. The normalized spacial score (nSPS) is 13.3. The van der Waals surface area contributed by atoms with Gasteiger partial charge in [0.15, 0.2) is 0 Å². The standard InChI is InChI=1S/C18H22N4O2/c1-11(2)14-9-15(22-18(19)21-14)17(23)20-10-12-5-6-16-13(8-12)4-3-7-24-16/h5-6,8-9,11H,3-4,7,10H2,1-2H3,(H,20,23)(H2,19,21,22). The van der Waals surface area contributed by atoms with E-state index in [-0.39, 0.29) is 17.8 Å². The monoisotopic (exact) mass is 326 g/mol. The lowest BCUT2D eigenvalue weighted by molar-refractivity contribution is 0.0945.